The summed E-state index contributed by atoms with van der Waals surface area (Å²) in [5.74, 6) is 0. The molecule has 3 N–H and O–H groups in total. The lowest BCUT2D eigenvalue weighted by atomic mass is 10.3. The highest BCUT2D eigenvalue weighted by Gasteiger charge is 2.07. The van der Waals surface area contributed by atoms with Gasteiger partial charge < -0.3 is 0 Å². The average Bonchev–Trinajstić information content (AvgIpc) is 2.59. The number of hydrogen-bond donors (Lipinski definition) is 2. The summed E-state index contributed by atoms with van der Waals surface area (Å²) in [4.78, 5) is 0. The normalized spacial score (nSPS) is 12.4. The molecular weight excluding hydrogens is 240 g/mol. The summed E-state index contributed by atoms with van der Waals surface area (Å²) in [6.07, 6.45) is 0. The first-order valence-corrected chi connectivity index (χ1v) is 7.08. The first kappa shape index (κ1) is 10.1. The van der Waals surface area contributed by atoms with Crippen LogP contribution in [0.1, 0.15) is 5.56 Å². The molecule has 0 aromatic carbocycles. The molecule has 0 unspecified atom stereocenters. The van der Waals surface area contributed by atoms with Crippen molar-refractivity contribution in [3.8, 4) is 0 Å². The van der Waals surface area contributed by atoms with E-state index >= 15 is 0 Å². The highest BCUT2D eigenvalue weighted by Crippen LogP contribution is 2.30. The highest BCUT2D eigenvalue weighted by atomic mass is 32.2. The third kappa shape index (κ3) is 2.12. The fraction of sp³-hybridized carbons (Fsp3) is 0.143. The van der Waals surface area contributed by atoms with Crippen molar-refractivity contribution in [2.45, 2.75) is 6.54 Å². The van der Waals surface area contributed by atoms with E-state index in [-0.39, 0.29) is 6.54 Å². The molecule has 0 aliphatic rings. The number of nitrogens with two attached hydrogens (primary N) is 1. The zero-order valence-electron chi connectivity index (χ0n) is 7.06. The molecular formula is C7H8N2O2S3. The molecule has 0 spiro atoms. The molecule has 0 amide bonds. The average molecular weight is 248 g/mol. The van der Waals surface area contributed by atoms with E-state index in [4.69, 9.17) is 5.14 Å². The lowest BCUT2D eigenvalue weighted by Gasteiger charge is -1.98. The number of hydrogen-bond acceptors (Lipinski definition) is 4. The predicted octanol–water partition coefficient (Wildman–Crippen LogP) is 1.26. The van der Waals surface area contributed by atoms with E-state index in [1.54, 1.807) is 22.7 Å². The molecule has 0 aliphatic carbocycles. The van der Waals surface area contributed by atoms with Crippen molar-refractivity contribution in [2.75, 3.05) is 0 Å². The minimum atomic E-state index is -3.59. The van der Waals surface area contributed by atoms with Gasteiger partial charge in [-0.2, -0.15) is 13.1 Å². The van der Waals surface area contributed by atoms with Crippen molar-refractivity contribution >= 4 is 42.3 Å². The summed E-state index contributed by atoms with van der Waals surface area (Å²) in [6.45, 7) is 0.263. The van der Waals surface area contributed by atoms with Crippen molar-refractivity contribution < 1.29 is 8.42 Å². The minimum absolute atomic E-state index is 0.263. The van der Waals surface area contributed by atoms with Gasteiger partial charge in [-0.15, -0.1) is 22.7 Å². The molecule has 0 fully saturated rings. The first-order valence-electron chi connectivity index (χ1n) is 3.77. The Morgan fingerprint density at radius 3 is 2.93 bits per heavy atom. The predicted molar refractivity (Wildman–Crippen MR) is 59.6 cm³/mol. The van der Waals surface area contributed by atoms with E-state index in [1.807, 2.05) is 16.8 Å². The van der Waals surface area contributed by atoms with Crippen LogP contribution in [0, 0.1) is 0 Å². The van der Waals surface area contributed by atoms with Gasteiger partial charge >= 0.3 is 0 Å². The molecule has 0 bridgehead atoms. The lowest BCUT2D eigenvalue weighted by molar-refractivity contribution is 0.583. The first-order chi connectivity index (χ1) is 6.56. The maximum Gasteiger partial charge on any atom is 0.274 e. The van der Waals surface area contributed by atoms with Gasteiger partial charge in [0.2, 0.25) is 0 Å². The van der Waals surface area contributed by atoms with E-state index in [2.05, 4.69) is 4.72 Å². The zero-order valence-corrected chi connectivity index (χ0v) is 9.51. The van der Waals surface area contributed by atoms with E-state index in [1.165, 1.54) is 4.70 Å². The molecule has 2 aromatic heterocycles. The molecule has 2 aromatic rings. The Hall–Kier alpha value is -0.470. The van der Waals surface area contributed by atoms with Crippen molar-refractivity contribution in [1.29, 1.82) is 0 Å². The van der Waals surface area contributed by atoms with Gasteiger partial charge in [-0.3, -0.25) is 0 Å². The largest absolute Gasteiger partial charge is 0.274 e. The Morgan fingerprint density at radius 1 is 1.43 bits per heavy atom. The van der Waals surface area contributed by atoms with Crippen LogP contribution in [-0.4, -0.2) is 8.42 Å². The molecule has 0 atom stereocenters. The molecule has 0 radical (unpaired) electrons. The molecule has 7 heteroatoms. The highest BCUT2D eigenvalue weighted by molar-refractivity contribution is 7.87. The summed E-state index contributed by atoms with van der Waals surface area (Å²) in [5, 5.41) is 8.77. The molecule has 2 rings (SSSR count). The van der Waals surface area contributed by atoms with E-state index < -0.39 is 10.2 Å². The van der Waals surface area contributed by atoms with E-state index in [9.17, 15) is 8.42 Å². The number of thiophene rings is 2. The molecule has 0 aliphatic heterocycles. The van der Waals surface area contributed by atoms with Crippen LogP contribution in [0.4, 0.5) is 0 Å². The molecule has 4 nitrogen and oxygen atoms in total. The number of nitrogens with one attached hydrogen (secondary N) is 1. The van der Waals surface area contributed by atoms with Crippen LogP contribution in [0.25, 0.3) is 9.40 Å². The quantitative estimate of drug-likeness (QED) is 0.858. The maximum atomic E-state index is 10.7. The molecule has 76 valence electrons. The fourth-order valence-electron chi connectivity index (χ4n) is 1.11. The van der Waals surface area contributed by atoms with Crippen LogP contribution in [0.2, 0.25) is 0 Å². The summed E-state index contributed by atoms with van der Waals surface area (Å²) < 4.78 is 25.9. The molecule has 2 heterocycles. The van der Waals surface area contributed by atoms with Crippen molar-refractivity contribution in [2.24, 2.45) is 5.14 Å². The van der Waals surface area contributed by atoms with Crippen molar-refractivity contribution in [3.05, 3.63) is 22.4 Å². The number of rotatable bonds is 3. The Balaban J connectivity index is 2.24. The van der Waals surface area contributed by atoms with Gasteiger partial charge in [-0.1, -0.05) is 0 Å². The summed E-state index contributed by atoms with van der Waals surface area (Å²) in [6, 6.07) is 2.02. The van der Waals surface area contributed by atoms with Crippen LogP contribution in [0.15, 0.2) is 16.8 Å². The second-order valence-corrected chi connectivity index (χ2v) is 5.95. The van der Waals surface area contributed by atoms with Gasteiger partial charge in [0.05, 0.1) is 0 Å². The second kappa shape index (κ2) is 3.59. The molecule has 0 saturated carbocycles. The van der Waals surface area contributed by atoms with Gasteiger partial charge in [0.25, 0.3) is 10.2 Å². The van der Waals surface area contributed by atoms with Crippen LogP contribution in [-0.2, 0) is 16.8 Å². The second-order valence-electron chi connectivity index (χ2n) is 2.74. The smallest absolute Gasteiger partial charge is 0.216 e. The fourth-order valence-corrected chi connectivity index (χ4v) is 3.58. The zero-order chi connectivity index (χ0) is 10.2. The van der Waals surface area contributed by atoms with Crippen LogP contribution in [0.3, 0.4) is 0 Å². The maximum absolute atomic E-state index is 10.7. The van der Waals surface area contributed by atoms with Crippen LogP contribution < -0.4 is 9.86 Å². The van der Waals surface area contributed by atoms with Crippen LogP contribution in [0.5, 0.6) is 0 Å². The van der Waals surface area contributed by atoms with Crippen LogP contribution >= 0.6 is 22.7 Å². The third-order valence-electron chi connectivity index (χ3n) is 1.71. The van der Waals surface area contributed by atoms with Crippen molar-refractivity contribution in [3.63, 3.8) is 0 Å². The Bertz CT molecular complexity index is 540. The van der Waals surface area contributed by atoms with Gasteiger partial charge in [-0.25, -0.2) is 5.14 Å². The van der Waals surface area contributed by atoms with Crippen molar-refractivity contribution in [1.82, 2.24) is 4.72 Å². The standard InChI is InChI=1S/C7H8N2O2S3/c8-14(10,11)9-3-5-4-13-6-1-2-12-7(5)6/h1-2,4,9H,3H2,(H2,8,10,11). The number of fused-ring (bicyclic) bond motifs is 1. The lowest BCUT2D eigenvalue weighted by Crippen LogP contribution is -2.30. The van der Waals surface area contributed by atoms with Gasteiger partial charge in [0.1, 0.15) is 0 Å². The minimum Gasteiger partial charge on any atom is -0.216 e. The summed E-state index contributed by atoms with van der Waals surface area (Å²) >= 11 is 3.21. The SMILES string of the molecule is NS(=O)(=O)NCc1csc2ccsc12. The Labute approximate surface area is 89.5 Å². The summed E-state index contributed by atoms with van der Waals surface area (Å²) in [7, 11) is -3.59. The Kier molecular flexibility index (Phi) is 2.58. The van der Waals surface area contributed by atoms with E-state index in [0.29, 0.717) is 0 Å². The van der Waals surface area contributed by atoms with Gasteiger partial charge in [-0.05, 0) is 22.4 Å². The topological polar surface area (TPSA) is 72.2 Å². The van der Waals surface area contributed by atoms with Gasteiger partial charge in [0.15, 0.2) is 0 Å². The van der Waals surface area contributed by atoms with E-state index in [0.717, 1.165) is 10.3 Å². The van der Waals surface area contributed by atoms with Gasteiger partial charge in [0, 0.05) is 15.9 Å². The molecule has 14 heavy (non-hydrogen) atoms. The Morgan fingerprint density at radius 2 is 2.21 bits per heavy atom. The summed E-state index contributed by atoms with van der Waals surface area (Å²) in [5.41, 5.74) is 0.981. The third-order valence-corrected chi connectivity index (χ3v) is 4.38. The molecule has 0 saturated heterocycles. The monoisotopic (exact) mass is 248 g/mol.